The van der Waals surface area contributed by atoms with Crippen LogP contribution in [0.4, 0.5) is 0 Å². The molecule has 0 amide bonds. The van der Waals surface area contributed by atoms with E-state index >= 15 is 0 Å². The zero-order chi connectivity index (χ0) is 12.8. The lowest BCUT2D eigenvalue weighted by atomic mass is 9.90. The van der Waals surface area contributed by atoms with Crippen LogP contribution in [0, 0.1) is 6.92 Å². The number of carboxylic acid groups (broad SMARTS) is 1. The summed E-state index contributed by atoms with van der Waals surface area (Å²) in [5, 5.41) is 13.5. The van der Waals surface area contributed by atoms with Gasteiger partial charge in [-0.25, -0.2) is 9.78 Å². The van der Waals surface area contributed by atoms with E-state index in [1.54, 1.807) is 13.0 Å². The third-order valence-corrected chi connectivity index (χ3v) is 2.62. The Morgan fingerprint density at radius 3 is 2.59 bits per heavy atom. The van der Waals surface area contributed by atoms with E-state index in [1.807, 2.05) is 20.8 Å². The molecule has 5 heteroatoms. The highest BCUT2D eigenvalue weighted by Gasteiger charge is 2.23. The molecule has 0 bridgehead atoms. The van der Waals surface area contributed by atoms with Crippen LogP contribution in [-0.4, -0.2) is 21.2 Å². The lowest BCUT2D eigenvalue weighted by Crippen LogP contribution is -2.15. The number of nitrogens with zero attached hydrogens (tertiary/aromatic N) is 2. The van der Waals surface area contributed by atoms with Gasteiger partial charge in [0.25, 0.3) is 5.71 Å². The molecule has 2 heterocycles. The molecule has 2 aromatic rings. The second-order valence-electron chi connectivity index (χ2n) is 5.06. The molecule has 0 fully saturated rings. The van der Waals surface area contributed by atoms with Gasteiger partial charge in [-0.3, -0.25) is 0 Å². The first-order valence-corrected chi connectivity index (χ1v) is 5.31. The molecule has 2 aromatic heterocycles. The van der Waals surface area contributed by atoms with Crippen LogP contribution in [0.25, 0.3) is 11.1 Å². The van der Waals surface area contributed by atoms with Crippen LogP contribution in [0.15, 0.2) is 10.6 Å². The maximum atomic E-state index is 11.2. The van der Waals surface area contributed by atoms with Crippen LogP contribution in [-0.2, 0) is 5.41 Å². The van der Waals surface area contributed by atoms with Crippen LogP contribution in [0.2, 0.25) is 0 Å². The van der Waals surface area contributed by atoms with Gasteiger partial charge in [0.1, 0.15) is 0 Å². The minimum Gasteiger partial charge on any atom is -0.478 e. The van der Waals surface area contributed by atoms with Crippen molar-refractivity contribution >= 4 is 17.1 Å². The zero-order valence-corrected chi connectivity index (χ0v) is 10.2. The molecule has 0 aliphatic rings. The van der Waals surface area contributed by atoms with Gasteiger partial charge in [-0.05, 0) is 13.0 Å². The number of aromatic nitrogens is 2. The van der Waals surface area contributed by atoms with Crippen molar-refractivity contribution in [2.75, 3.05) is 0 Å². The molecule has 0 atom stereocenters. The normalized spacial score (nSPS) is 12.0. The Labute approximate surface area is 98.4 Å². The summed E-state index contributed by atoms with van der Waals surface area (Å²) < 4.78 is 5.05. The van der Waals surface area contributed by atoms with E-state index in [0.29, 0.717) is 16.8 Å². The first-order chi connectivity index (χ1) is 7.80. The fourth-order valence-electron chi connectivity index (χ4n) is 1.65. The fraction of sp³-hybridized carbons (Fsp3) is 0.417. The average molecular weight is 234 g/mol. The van der Waals surface area contributed by atoms with Gasteiger partial charge in [0.15, 0.2) is 0 Å². The number of rotatable bonds is 1. The highest BCUT2D eigenvalue weighted by Crippen LogP contribution is 2.27. The summed E-state index contributed by atoms with van der Waals surface area (Å²) in [5.41, 5.74) is 1.47. The lowest BCUT2D eigenvalue weighted by molar-refractivity contribution is 0.0698. The van der Waals surface area contributed by atoms with Crippen molar-refractivity contribution < 1.29 is 14.4 Å². The molecular formula is C12H14N2O3. The monoisotopic (exact) mass is 234 g/mol. The van der Waals surface area contributed by atoms with Crippen molar-refractivity contribution in [1.29, 1.82) is 0 Å². The predicted octanol–water partition coefficient (Wildman–Crippen LogP) is 2.53. The molecule has 5 nitrogen and oxygen atoms in total. The number of pyridine rings is 1. The van der Waals surface area contributed by atoms with E-state index in [0.717, 1.165) is 0 Å². The smallest absolute Gasteiger partial charge is 0.336 e. The molecule has 0 radical (unpaired) electrons. The third-order valence-electron chi connectivity index (χ3n) is 2.62. The first-order valence-electron chi connectivity index (χ1n) is 5.31. The molecular weight excluding hydrogens is 220 g/mol. The summed E-state index contributed by atoms with van der Waals surface area (Å²) in [6.45, 7) is 7.61. The highest BCUT2D eigenvalue weighted by molar-refractivity contribution is 6.02. The van der Waals surface area contributed by atoms with Gasteiger partial charge in [0.05, 0.1) is 22.3 Å². The van der Waals surface area contributed by atoms with E-state index in [9.17, 15) is 9.90 Å². The summed E-state index contributed by atoms with van der Waals surface area (Å²) in [7, 11) is 0. The molecule has 0 saturated carbocycles. The van der Waals surface area contributed by atoms with Gasteiger partial charge in [0, 0.05) is 5.41 Å². The standard InChI is InChI=1S/C12H14N2O3/c1-6-9-7(11(15)16)5-8(12(2,3)4)13-10(9)17-14-6/h5H,1-4H3,(H,15,16). The summed E-state index contributed by atoms with van der Waals surface area (Å²) >= 11 is 0. The lowest BCUT2D eigenvalue weighted by Gasteiger charge is -2.17. The Morgan fingerprint density at radius 1 is 1.41 bits per heavy atom. The SMILES string of the molecule is Cc1noc2nc(C(C)(C)C)cc(C(=O)O)c12. The van der Waals surface area contributed by atoms with E-state index < -0.39 is 5.97 Å². The number of fused-ring (bicyclic) bond motifs is 1. The molecule has 0 aromatic carbocycles. The largest absolute Gasteiger partial charge is 0.478 e. The van der Waals surface area contributed by atoms with Crippen LogP contribution in [0.1, 0.15) is 42.5 Å². The highest BCUT2D eigenvalue weighted by atomic mass is 16.5. The molecule has 17 heavy (non-hydrogen) atoms. The molecule has 0 spiro atoms. The van der Waals surface area contributed by atoms with Crippen molar-refractivity contribution in [2.45, 2.75) is 33.1 Å². The average Bonchev–Trinajstić information content (AvgIpc) is 2.58. The van der Waals surface area contributed by atoms with Gasteiger partial charge >= 0.3 is 5.97 Å². The Kier molecular flexibility index (Phi) is 2.41. The summed E-state index contributed by atoms with van der Waals surface area (Å²) in [6, 6.07) is 1.59. The molecule has 0 aliphatic carbocycles. The quantitative estimate of drug-likeness (QED) is 0.820. The summed E-state index contributed by atoms with van der Waals surface area (Å²) in [5.74, 6) is -0.991. The fourth-order valence-corrected chi connectivity index (χ4v) is 1.65. The Bertz CT molecular complexity index is 594. The van der Waals surface area contributed by atoms with Crippen LogP contribution in [0.5, 0.6) is 0 Å². The van der Waals surface area contributed by atoms with Crippen molar-refractivity contribution in [3.63, 3.8) is 0 Å². The van der Waals surface area contributed by atoms with Crippen molar-refractivity contribution in [3.05, 3.63) is 23.0 Å². The Hall–Kier alpha value is -1.91. The maximum Gasteiger partial charge on any atom is 0.336 e. The van der Waals surface area contributed by atoms with Gasteiger partial charge in [-0.15, -0.1) is 0 Å². The van der Waals surface area contributed by atoms with Gasteiger partial charge in [0.2, 0.25) is 0 Å². The Morgan fingerprint density at radius 2 is 2.06 bits per heavy atom. The van der Waals surface area contributed by atoms with E-state index in [4.69, 9.17) is 4.52 Å². The van der Waals surface area contributed by atoms with Gasteiger partial charge in [-0.1, -0.05) is 25.9 Å². The minimum absolute atomic E-state index is 0.193. The van der Waals surface area contributed by atoms with Crippen molar-refractivity contribution in [1.82, 2.24) is 10.1 Å². The molecule has 90 valence electrons. The number of hydrogen-bond acceptors (Lipinski definition) is 4. The van der Waals surface area contributed by atoms with Crippen LogP contribution >= 0.6 is 0 Å². The number of aryl methyl sites for hydroxylation is 1. The van der Waals surface area contributed by atoms with E-state index in [2.05, 4.69) is 10.1 Å². The predicted molar refractivity (Wildman–Crippen MR) is 62.2 cm³/mol. The van der Waals surface area contributed by atoms with E-state index in [1.165, 1.54) is 0 Å². The molecule has 2 rings (SSSR count). The molecule has 0 aliphatic heterocycles. The number of carboxylic acids is 1. The van der Waals surface area contributed by atoms with Crippen LogP contribution in [0.3, 0.4) is 0 Å². The minimum atomic E-state index is -0.991. The topological polar surface area (TPSA) is 76.2 Å². The third kappa shape index (κ3) is 1.88. The van der Waals surface area contributed by atoms with Crippen molar-refractivity contribution in [3.8, 4) is 0 Å². The van der Waals surface area contributed by atoms with Gasteiger partial charge in [-0.2, -0.15) is 0 Å². The van der Waals surface area contributed by atoms with Crippen LogP contribution < -0.4 is 0 Å². The number of hydrogen-bond donors (Lipinski definition) is 1. The number of aromatic carboxylic acids is 1. The second-order valence-corrected chi connectivity index (χ2v) is 5.06. The molecule has 1 N–H and O–H groups in total. The second kappa shape index (κ2) is 3.55. The first kappa shape index (κ1) is 11.6. The maximum absolute atomic E-state index is 11.2. The van der Waals surface area contributed by atoms with Gasteiger partial charge < -0.3 is 9.63 Å². The number of carbonyl (C=O) groups is 1. The summed E-state index contributed by atoms with van der Waals surface area (Å²) in [6.07, 6.45) is 0. The zero-order valence-electron chi connectivity index (χ0n) is 10.2. The van der Waals surface area contributed by atoms with Crippen molar-refractivity contribution in [2.24, 2.45) is 0 Å². The summed E-state index contributed by atoms with van der Waals surface area (Å²) in [4.78, 5) is 15.6. The van der Waals surface area contributed by atoms with E-state index in [-0.39, 0.29) is 16.7 Å². The molecule has 0 saturated heterocycles. The Balaban J connectivity index is 2.83. The molecule has 0 unspecified atom stereocenters.